The van der Waals surface area contributed by atoms with Gasteiger partial charge in [-0.15, -0.1) is 0 Å². The van der Waals surface area contributed by atoms with Crippen molar-refractivity contribution in [3.05, 3.63) is 0 Å². The second kappa shape index (κ2) is 5.87. The normalized spacial score (nSPS) is 39.8. The van der Waals surface area contributed by atoms with Crippen LogP contribution in [0.1, 0.15) is 19.3 Å². The van der Waals surface area contributed by atoms with E-state index in [0.717, 1.165) is 50.2 Å². The van der Waals surface area contributed by atoms with E-state index >= 15 is 0 Å². The minimum atomic E-state index is -0.0787. The fraction of sp³-hybridized carbons (Fsp3) is 1.00. The molecule has 0 spiro atoms. The molecule has 0 aromatic rings. The summed E-state index contributed by atoms with van der Waals surface area (Å²) in [5, 5.41) is 16.6. The maximum Gasteiger partial charge on any atom is 0.0667 e. The molecule has 1 saturated carbocycles. The highest BCUT2D eigenvalue weighted by Gasteiger charge is 2.51. The van der Waals surface area contributed by atoms with Crippen LogP contribution in [0.25, 0.3) is 0 Å². The zero-order valence-corrected chi connectivity index (χ0v) is 11.3. The van der Waals surface area contributed by atoms with Crippen molar-refractivity contribution in [1.82, 2.24) is 15.5 Å². The fourth-order valence-electron chi connectivity index (χ4n) is 3.78. The topological polar surface area (TPSA) is 47.5 Å². The van der Waals surface area contributed by atoms with Gasteiger partial charge in [-0.3, -0.25) is 0 Å². The van der Waals surface area contributed by atoms with Crippen LogP contribution < -0.4 is 10.6 Å². The first-order valence-electron chi connectivity index (χ1n) is 7.66. The van der Waals surface area contributed by atoms with Gasteiger partial charge >= 0.3 is 0 Å². The SMILES string of the molecule is OC1CCCN(CCCNCC2[C@H]3CNC[C@@H]23)C1. The third kappa shape index (κ3) is 3.05. The van der Waals surface area contributed by atoms with Crippen molar-refractivity contribution in [3.8, 4) is 0 Å². The van der Waals surface area contributed by atoms with Gasteiger partial charge in [-0.05, 0) is 76.3 Å². The molecule has 4 heteroatoms. The number of nitrogens with zero attached hydrogens (tertiary/aromatic N) is 1. The van der Waals surface area contributed by atoms with Crippen molar-refractivity contribution >= 4 is 0 Å². The van der Waals surface area contributed by atoms with Gasteiger partial charge in [-0.2, -0.15) is 0 Å². The molecule has 3 fully saturated rings. The van der Waals surface area contributed by atoms with Crippen LogP contribution in [0.3, 0.4) is 0 Å². The van der Waals surface area contributed by atoms with Crippen molar-refractivity contribution in [3.63, 3.8) is 0 Å². The molecule has 2 unspecified atom stereocenters. The van der Waals surface area contributed by atoms with Gasteiger partial charge in [-0.1, -0.05) is 0 Å². The quantitative estimate of drug-likeness (QED) is 0.578. The third-order valence-corrected chi connectivity index (χ3v) is 4.96. The van der Waals surface area contributed by atoms with Crippen molar-refractivity contribution in [2.75, 3.05) is 45.8 Å². The summed E-state index contributed by atoms with van der Waals surface area (Å²) in [6.45, 7) is 8.07. The Kier molecular flexibility index (Phi) is 4.19. The predicted molar refractivity (Wildman–Crippen MR) is 72.5 cm³/mol. The Labute approximate surface area is 110 Å². The summed E-state index contributed by atoms with van der Waals surface area (Å²) in [6, 6.07) is 0. The summed E-state index contributed by atoms with van der Waals surface area (Å²) in [6.07, 6.45) is 3.29. The molecule has 3 N–H and O–H groups in total. The Hall–Kier alpha value is -0.160. The highest BCUT2D eigenvalue weighted by Crippen LogP contribution is 2.47. The van der Waals surface area contributed by atoms with Crippen molar-refractivity contribution in [2.24, 2.45) is 17.8 Å². The monoisotopic (exact) mass is 253 g/mol. The summed E-state index contributed by atoms with van der Waals surface area (Å²) in [4.78, 5) is 2.41. The van der Waals surface area contributed by atoms with Crippen LogP contribution in [0.2, 0.25) is 0 Å². The van der Waals surface area contributed by atoms with Gasteiger partial charge in [0.05, 0.1) is 6.10 Å². The minimum absolute atomic E-state index is 0.0787. The molecule has 0 bridgehead atoms. The van der Waals surface area contributed by atoms with E-state index in [1.807, 2.05) is 0 Å². The van der Waals surface area contributed by atoms with Gasteiger partial charge in [0.1, 0.15) is 0 Å². The largest absolute Gasteiger partial charge is 0.392 e. The molecule has 4 atom stereocenters. The zero-order chi connectivity index (χ0) is 12.4. The molecule has 3 rings (SSSR count). The standard InChI is InChI=1S/C14H27N3O/c18-11-3-1-5-17(10-11)6-2-4-15-7-12-13-8-16-9-14(12)13/h11-16,18H,1-10H2/t11?,12?,13-,14+. The van der Waals surface area contributed by atoms with Gasteiger partial charge < -0.3 is 20.6 Å². The van der Waals surface area contributed by atoms with Gasteiger partial charge in [-0.25, -0.2) is 0 Å². The van der Waals surface area contributed by atoms with Gasteiger partial charge in [0, 0.05) is 6.54 Å². The maximum absolute atomic E-state index is 9.59. The highest BCUT2D eigenvalue weighted by molar-refractivity contribution is 5.04. The van der Waals surface area contributed by atoms with E-state index in [1.54, 1.807) is 0 Å². The summed E-state index contributed by atoms with van der Waals surface area (Å²) in [5.74, 6) is 2.92. The van der Waals surface area contributed by atoms with E-state index in [2.05, 4.69) is 15.5 Å². The average Bonchev–Trinajstić information content (AvgIpc) is 2.82. The van der Waals surface area contributed by atoms with Crippen LogP contribution in [0, 0.1) is 17.8 Å². The lowest BCUT2D eigenvalue weighted by Gasteiger charge is -2.29. The molecule has 2 heterocycles. The van der Waals surface area contributed by atoms with Crippen LogP contribution in [-0.4, -0.2) is 61.9 Å². The molecule has 4 nitrogen and oxygen atoms in total. The number of β-amino-alcohol motifs (C(OH)–C–C–N with tert-alkyl or cyclic N) is 1. The molecule has 104 valence electrons. The molecular weight excluding hydrogens is 226 g/mol. The first-order chi connectivity index (χ1) is 8.84. The molecule has 2 saturated heterocycles. The molecule has 1 aliphatic carbocycles. The number of hydrogen-bond acceptors (Lipinski definition) is 4. The number of piperidine rings is 2. The van der Waals surface area contributed by atoms with Crippen LogP contribution in [0.4, 0.5) is 0 Å². The third-order valence-electron chi connectivity index (χ3n) is 4.96. The number of aliphatic hydroxyl groups excluding tert-OH is 1. The minimum Gasteiger partial charge on any atom is -0.392 e. The summed E-state index contributed by atoms with van der Waals surface area (Å²) < 4.78 is 0. The van der Waals surface area contributed by atoms with Crippen LogP contribution in [0.5, 0.6) is 0 Å². The Morgan fingerprint density at radius 2 is 2.11 bits per heavy atom. The number of rotatable bonds is 6. The maximum atomic E-state index is 9.59. The summed E-state index contributed by atoms with van der Waals surface area (Å²) >= 11 is 0. The first kappa shape index (κ1) is 12.9. The van der Waals surface area contributed by atoms with E-state index in [4.69, 9.17) is 0 Å². The molecule has 0 amide bonds. The summed E-state index contributed by atoms with van der Waals surface area (Å²) in [7, 11) is 0. The Bertz CT molecular complexity index is 264. The Balaban J connectivity index is 1.21. The molecule has 0 radical (unpaired) electrons. The molecule has 0 aromatic heterocycles. The Morgan fingerprint density at radius 3 is 2.89 bits per heavy atom. The molecular formula is C14H27N3O. The Morgan fingerprint density at radius 1 is 1.28 bits per heavy atom. The number of likely N-dealkylation sites (tertiary alicyclic amines) is 1. The number of fused-ring (bicyclic) bond motifs is 1. The van der Waals surface area contributed by atoms with Crippen molar-refractivity contribution < 1.29 is 5.11 Å². The van der Waals surface area contributed by atoms with Gasteiger partial charge in [0.2, 0.25) is 0 Å². The van der Waals surface area contributed by atoms with E-state index in [0.29, 0.717) is 0 Å². The molecule has 0 aromatic carbocycles. The smallest absolute Gasteiger partial charge is 0.0667 e. The fourth-order valence-corrected chi connectivity index (χ4v) is 3.78. The first-order valence-corrected chi connectivity index (χ1v) is 7.66. The molecule has 18 heavy (non-hydrogen) atoms. The number of hydrogen-bond donors (Lipinski definition) is 3. The summed E-state index contributed by atoms with van der Waals surface area (Å²) in [5.41, 5.74) is 0. The van der Waals surface area contributed by atoms with Gasteiger partial charge in [0.15, 0.2) is 0 Å². The lowest BCUT2D eigenvalue weighted by atomic mass is 10.1. The van der Waals surface area contributed by atoms with E-state index < -0.39 is 0 Å². The molecule has 3 aliphatic rings. The van der Waals surface area contributed by atoms with Crippen LogP contribution in [0.15, 0.2) is 0 Å². The van der Waals surface area contributed by atoms with E-state index in [1.165, 1.54) is 32.6 Å². The molecule has 2 aliphatic heterocycles. The van der Waals surface area contributed by atoms with E-state index in [-0.39, 0.29) is 6.10 Å². The van der Waals surface area contributed by atoms with Crippen molar-refractivity contribution in [1.29, 1.82) is 0 Å². The average molecular weight is 253 g/mol. The second-order valence-electron chi connectivity index (χ2n) is 6.30. The highest BCUT2D eigenvalue weighted by atomic mass is 16.3. The van der Waals surface area contributed by atoms with Crippen LogP contribution >= 0.6 is 0 Å². The number of nitrogens with one attached hydrogen (secondary N) is 2. The lowest BCUT2D eigenvalue weighted by molar-refractivity contribution is 0.0702. The lowest BCUT2D eigenvalue weighted by Crippen LogP contribution is -2.39. The zero-order valence-electron chi connectivity index (χ0n) is 11.3. The van der Waals surface area contributed by atoms with E-state index in [9.17, 15) is 5.11 Å². The predicted octanol–water partition coefficient (Wildman–Crippen LogP) is -0.112. The second-order valence-corrected chi connectivity index (χ2v) is 6.30. The number of aliphatic hydroxyl groups is 1. The van der Waals surface area contributed by atoms with Crippen molar-refractivity contribution in [2.45, 2.75) is 25.4 Å². The van der Waals surface area contributed by atoms with Crippen LogP contribution in [-0.2, 0) is 0 Å². The van der Waals surface area contributed by atoms with Gasteiger partial charge in [0.25, 0.3) is 0 Å².